The van der Waals surface area contributed by atoms with Crippen LogP contribution in [0.2, 0.25) is 0 Å². The van der Waals surface area contributed by atoms with Crippen molar-refractivity contribution in [3.05, 3.63) is 59.9 Å². The standard InChI is InChI=1S/C18H15N5O2.CH2O2/c1-10-15(25-11(2)20-10)18(24)21-17-14-13(12-6-4-3-5-7-12)8-9-19-16(14)22-23-17;2-1-3/h3-9H,1-2H3,(H2,19,21,22,23,24);1H,(H,2,3). The summed E-state index contributed by atoms with van der Waals surface area (Å²) in [4.78, 5) is 29.3. The molecule has 4 rings (SSSR count). The molecule has 28 heavy (non-hydrogen) atoms. The Hall–Kier alpha value is -4.01. The molecule has 0 spiro atoms. The normalized spacial score (nSPS) is 10.2. The van der Waals surface area contributed by atoms with Crippen LogP contribution >= 0.6 is 0 Å². The lowest BCUT2D eigenvalue weighted by Gasteiger charge is -2.06. The Bertz CT molecular complexity index is 1120. The molecule has 0 aliphatic rings. The van der Waals surface area contributed by atoms with Crippen LogP contribution in [0.5, 0.6) is 0 Å². The third-order valence-corrected chi connectivity index (χ3v) is 3.89. The van der Waals surface area contributed by atoms with Crippen LogP contribution in [-0.4, -0.2) is 37.7 Å². The summed E-state index contributed by atoms with van der Waals surface area (Å²) in [5.41, 5.74) is 3.01. The highest BCUT2D eigenvalue weighted by Crippen LogP contribution is 2.31. The summed E-state index contributed by atoms with van der Waals surface area (Å²) in [6.07, 6.45) is 1.70. The van der Waals surface area contributed by atoms with Crippen LogP contribution in [0.1, 0.15) is 22.1 Å². The van der Waals surface area contributed by atoms with E-state index in [0.29, 0.717) is 23.0 Å². The molecule has 0 bridgehead atoms. The Morgan fingerprint density at radius 1 is 1.21 bits per heavy atom. The van der Waals surface area contributed by atoms with E-state index in [4.69, 9.17) is 14.3 Å². The smallest absolute Gasteiger partial charge is 0.294 e. The number of anilines is 1. The van der Waals surface area contributed by atoms with Crippen molar-refractivity contribution in [3.63, 3.8) is 0 Å². The molecule has 3 aromatic heterocycles. The number of carbonyl (C=O) groups is 2. The first-order chi connectivity index (χ1) is 13.5. The third-order valence-electron chi connectivity index (χ3n) is 3.89. The second-order valence-corrected chi connectivity index (χ2v) is 5.73. The average Bonchev–Trinajstić information content (AvgIpc) is 3.25. The predicted octanol–water partition coefficient (Wildman–Crippen LogP) is 3.18. The molecule has 0 saturated carbocycles. The minimum absolute atomic E-state index is 0.186. The molecule has 0 aliphatic carbocycles. The topological polar surface area (TPSA) is 134 Å². The number of fused-ring (bicyclic) bond motifs is 1. The Morgan fingerprint density at radius 3 is 2.57 bits per heavy atom. The van der Waals surface area contributed by atoms with Gasteiger partial charge in [-0.2, -0.15) is 5.10 Å². The molecule has 0 saturated heterocycles. The van der Waals surface area contributed by atoms with Gasteiger partial charge in [-0.05, 0) is 24.1 Å². The van der Waals surface area contributed by atoms with Crippen molar-refractivity contribution in [2.75, 3.05) is 5.32 Å². The molecule has 0 radical (unpaired) electrons. The summed E-state index contributed by atoms with van der Waals surface area (Å²) < 4.78 is 5.38. The molecule has 9 heteroatoms. The number of nitrogens with one attached hydrogen (secondary N) is 2. The first kappa shape index (κ1) is 18.8. The fourth-order valence-electron chi connectivity index (χ4n) is 2.81. The van der Waals surface area contributed by atoms with Gasteiger partial charge in [0.1, 0.15) is 5.82 Å². The molecule has 142 valence electrons. The zero-order valence-electron chi connectivity index (χ0n) is 15.1. The summed E-state index contributed by atoms with van der Waals surface area (Å²) in [5.74, 6) is 0.723. The number of aromatic nitrogens is 4. The summed E-state index contributed by atoms with van der Waals surface area (Å²) in [6.45, 7) is 3.18. The number of H-pyrrole nitrogens is 1. The van der Waals surface area contributed by atoms with E-state index in [2.05, 4.69) is 25.5 Å². The van der Waals surface area contributed by atoms with Crippen LogP contribution in [-0.2, 0) is 4.79 Å². The minimum Gasteiger partial charge on any atom is -0.483 e. The van der Waals surface area contributed by atoms with Gasteiger partial charge in [-0.3, -0.25) is 14.7 Å². The van der Waals surface area contributed by atoms with Gasteiger partial charge in [-0.1, -0.05) is 30.3 Å². The Balaban J connectivity index is 0.000000706. The number of carbonyl (C=O) groups excluding carboxylic acids is 1. The molecule has 0 fully saturated rings. The summed E-state index contributed by atoms with van der Waals surface area (Å²) in [5, 5.41) is 17.5. The molecular formula is C19H17N5O4. The van der Waals surface area contributed by atoms with Crippen molar-refractivity contribution in [2.24, 2.45) is 0 Å². The van der Waals surface area contributed by atoms with Gasteiger partial charge in [0, 0.05) is 13.1 Å². The zero-order chi connectivity index (χ0) is 20.1. The van der Waals surface area contributed by atoms with Crippen molar-refractivity contribution < 1.29 is 19.1 Å². The SMILES string of the molecule is Cc1nc(C)c(C(=O)Nc2[nH]nc3nccc(-c4ccccc4)c23)o1.O=CO. The van der Waals surface area contributed by atoms with Crippen LogP contribution < -0.4 is 5.32 Å². The van der Waals surface area contributed by atoms with Gasteiger partial charge in [-0.15, -0.1) is 0 Å². The average molecular weight is 379 g/mol. The number of carboxylic acid groups (broad SMARTS) is 1. The van der Waals surface area contributed by atoms with E-state index >= 15 is 0 Å². The molecule has 0 atom stereocenters. The van der Waals surface area contributed by atoms with Gasteiger partial charge >= 0.3 is 0 Å². The largest absolute Gasteiger partial charge is 0.483 e. The number of hydrogen-bond donors (Lipinski definition) is 3. The zero-order valence-corrected chi connectivity index (χ0v) is 15.1. The van der Waals surface area contributed by atoms with E-state index in [-0.39, 0.29) is 18.1 Å². The van der Waals surface area contributed by atoms with Gasteiger partial charge in [0.05, 0.1) is 11.1 Å². The lowest BCUT2D eigenvalue weighted by atomic mass is 10.0. The number of benzene rings is 1. The van der Waals surface area contributed by atoms with E-state index in [1.54, 1.807) is 20.0 Å². The molecule has 9 nitrogen and oxygen atoms in total. The van der Waals surface area contributed by atoms with Gasteiger partial charge < -0.3 is 14.8 Å². The molecule has 4 aromatic rings. The van der Waals surface area contributed by atoms with Gasteiger partial charge in [0.2, 0.25) is 5.76 Å². The summed E-state index contributed by atoms with van der Waals surface area (Å²) in [6, 6.07) is 11.8. The second kappa shape index (κ2) is 8.12. The Kier molecular flexibility index (Phi) is 5.45. The maximum Gasteiger partial charge on any atom is 0.294 e. The molecule has 3 heterocycles. The first-order valence-electron chi connectivity index (χ1n) is 8.27. The summed E-state index contributed by atoms with van der Waals surface area (Å²) >= 11 is 0. The highest BCUT2D eigenvalue weighted by Gasteiger charge is 2.19. The number of hydrogen-bond acceptors (Lipinski definition) is 6. The number of amides is 1. The minimum atomic E-state index is -0.383. The molecule has 0 aliphatic heterocycles. The predicted molar refractivity (Wildman–Crippen MR) is 102 cm³/mol. The van der Waals surface area contributed by atoms with Crippen LogP contribution in [0, 0.1) is 13.8 Å². The van der Waals surface area contributed by atoms with Crippen LogP contribution in [0.4, 0.5) is 5.82 Å². The van der Waals surface area contributed by atoms with Crippen molar-refractivity contribution in [1.29, 1.82) is 0 Å². The fraction of sp³-hybridized carbons (Fsp3) is 0.105. The number of pyridine rings is 1. The highest BCUT2D eigenvalue weighted by atomic mass is 16.4. The van der Waals surface area contributed by atoms with Crippen molar-refractivity contribution in [2.45, 2.75) is 13.8 Å². The first-order valence-corrected chi connectivity index (χ1v) is 8.27. The second-order valence-electron chi connectivity index (χ2n) is 5.73. The van der Waals surface area contributed by atoms with Crippen LogP contribution in [0.15, 0.2) is 47.0 Å². The molecule has 1 amide bonds. The van der Waals surface area contributed by atoms with Crippen LogP contribution in [0.3, 0.4) is 0 Å². The Labute approximate surface area is 159 Å². The third kappa shape index (κ3) is 3.73. The van der Waals surface area contributed by atoms with Crippen molar-refractivity contribution in [1.82, 2.24) is 20.2 Å². The summed E-state index contributed by atoms with van der Waals surface area (Å²) in [7, 11) is 0. The molecular weight excluding hydrogens is 362 g/mol. The van der Waals surface area contributed by atoms with E-state index in [1.165, 1.54) is 0 Å². The lowest BCUT2D eigenvalue weighted by molar-refractivity contribution is -0.122. The number of oxazole rings is 1. The number of nitrogens with zero attached hydrogens (tertiary/aromatic N) is 3. The van der Waals surface area contributed by atoms with Crippen molar-refractivity contribution in [3.8, 4) is 11.1 Å². The van der Waals surface area contributed by atoms with E-state index in [1.807, 2.05) is 36.4 Å². The number of aryl methyl sites for hydroxylation is 2. The Morgan fingerprint density at radius 2 is 1.93 bits per heavy atom. The van der Waals surface area contributed by atoms with E-state index in [0.717, 1.165) is 16.5 Å². The fourth-order valence-corrected chi connectivity index (χ4v) is 2.81. The number of aromatic amines is 1. The maximum atomic E-state index is 12.5. The van der Waals surface area contributed by atoms with Gasteiger partial charge in [0.15, 0.2) is 11.5 Å². The number of rotatable bonds is 3. The van der Waals surface area contributed by atoms with E-state index in [9.17, 15) is 4.79 Å². The van der Waals surface area contributed by atoms with Crippen LogP contribution in [0.25, 0.3) is 22.2 Å². The van der Waals surface area contributed by atoms with Gasteiger partial charge in [0.25, 0.3) is 12.4 Å². The monoisotopic (exact) mass is 379 g/mol. The van der Waals surface area contributed by atoms with Crippen molar-refractivity contribution >= 4 is 29.2 Å². The maximum absolute atomic E-state index is 12.5. The quantitative estimate of drug-likeness (QED) is 0.465. The molecule has 0 unspecified atom stereocenters. The molecule has 1 aromatic carbocycles. The van der Waals surface area contributed by atoms with E-state index < -0.39 is 0 Å². The lowest BCUT2D eigenvalue weighted by Crippen LogP contribution is -2.13. The highest BCUT2D eigenvalue weighted by molar-refractivity contribution is 6.09. The molecule has 3 N–H and O–H groups in total. The van der Waals surface area contributed by atoms with Gasteiger partial charge in [-0.25, -0.2) is 9.97 Å².